The molecule has 7 heteroatoms. The molecule has 5 rings (SSSR count). The third kappa shape index (κ3) is 4.53. The largest absolute Gasteiger partial charge is 0.487 e. The van der Waals surface area contributed by atoms with Crippen LogP contribution in [0, 0.1) is 5.92 Å². The standard InChI is InChI=1S/C26H32N2O4S/c29-25(20-10-9-17-28(19-20)33(30,31)21-11-3-1-4-12-21)27-23-18-26(15-7-2-8-16-26)32-24-14-6-5-13-22(23)24/h1,3-6,11-14,20,23H,2,7-10,15-19H2,(H,27,29)/t20-,23+/m1/s1. The minimum Gasteiger partial charge on any atom is -0.487 e. The number of hydrogen-bond acceptors (Lipinski definition) is 4. The predicted octanol–water partition coefficient (Wildman–Crippen LogP) is 4.43. The lowest BCUT2D eigenvalue weighted by Crippen LogP contribution is -2.49. The normalized spacial score (nSPS) is 25.1. The number of nitrogens with zero attached hydrogens (tertiary/aromatic N) is 1. The highest BCUT2D eigenvalue weighted by atomic mass is 32.2. The maximum Gasteiger partial charge on any atom is 0.243 e. The van der Waals surface area contributed by atoms with Crippen LogP contribution in [-0.2, 0) is 14.8 Å². The minimum atomic E-state index is -3.60. The molecule has 2 fully saturated rings. The van der Waals surface area contributed by atoms with E-state index in [4.69, 9.17) is 4.74 Å². The van der Waals surface area contributed by atoms with Crippen LogP contribution in [0.25, 0.3) is 0 Å². The van der Waals surface area contributed by atoms with E-state index in [0.717, 1.165) is 43.4 Å². The minimum absolute atomic E-state index is 0.0596. The number of amides is 1. The number of rotatable bonds is 4. The van der Waals surface area contributed by atoms with Gasteiger partial charge in [-0.1, -0.05) is 42.8 Å². The highest BCUT2D eigenvalue weighted by Gasteiger charge is 2.43. The number of nitrogens with one attached hydrogen (secondary N) is 1. The summed E-state index contributed by atoms with van der Waals surface area (Å²) in [4.78, 5) is 13.7. The molecule has 1 saturated heterocycles. The quantitative estimate of drug-likeness (QED) is 0.720. The zero-order valence-electron chi connectivity index (χ0n) is 18.9. The first-order valence-electron chi connectivity index (χ1n) is 12.1. The Labute approximate surface area is 196 Å². The monoisotopic (exact) mass is 468 g/mol. The van der Waals surface area contributed by atoms with Crippen LogP contribution < -0.4 is 10.1 Å². The van der Waals surface area contributed by atoms with Crippen molar-refractivity contribution in [3.8, 4) is 5.75 Å². The fourth-order valence-electron chi connectivity index (χ4n) is 5.66. The molecular weight excluding hydrogens is 436 g/mol. The van der Waals surface area contributed by atoms with Gasteiger partial charge in [0.2, 0.25) is 15.9 Å². The Balaban J connectivity index is 1.32. The molecule has 1 amide bonds. The van der Waals surface area contributed by atoms with Gasteiger partial charge in [0.1, 0.15) is 11.4 Å². The summed E-state index contributed by atoms with van der Waals surface area (Å²) in [6.07, 6.45) is 7.71. The molecular formula is C26H32N2O4S. The van der Waals surface area contributed by atoms with Crippen molar-refractivity contribution >= 4 is 15.9 Å². The van der Waals surface area contributed by atoms with Crippen LogP contribution in [-0.4, -0.2) is 37.3 Å². The number of carbonyl (C=O) groups is 1. The van der Waals surface area contributed by atoms with E-state index in [9.17, 15) is 13.2 Å². The molecule has 2 aromatic carbocycles. The smallest absolute Gasteiger partial charge is 0.243 e. The van der Waals surface area contributed by atoms with Gasteiger partial charge in [-0.15, -0.1) is 0 Å². The average molecular weight is 469 g/mol. The molecule has 0 radical (unpaired) electrons. The molecule has 0 aromatic heterocycles. The first kappa shape index (κ1) is 22.4. The summed E-state index contributed by atoms with van der Waals surface area (Å²) in [6, 6.07) is 16.4. The molecule has 1 saturated carbocycles. The molecule has 6 nitrogen and oxygen atoms in total. The van der Waals surface area contributed by atoms with Gasteiger partial charge in [-0.3, -0.25) is 4.79 Å². The van der Waals surface area contributed by atoms with E-state index in [0.29, 0.717) is 19.4 Å². The van der Waals surface area contributed by atoms with Crippen LogP contribution >= 0.6 is 0 Å². The van der Waals surface area contributed by atoms with Gasteiger partial charge < -0.3 is 10.1 Å². The summed E-state index contributed by atoms with van der Waals surface area (Å²) in [5.74, 6) is 0.457. The summed E-state index contributed by atoms with van der Waals surface area (Å²) in [7, 11) is -3.60. The summed E-state index contributed by atoms with van der Waals surface area (Å²) < 4.78 is 34.1. The SMILES string of the molecule is O=C(N[C@H]1CC2(CCCCC2)Oc2ccccc21)[C@@H]1CCCN(S(=O)(=O)c2ccccc2)C1. The molecule has 33 heavy (non-hydrogen) atoms. The predicted molar refractivity (Wildman–Crippen MR) is 126 cm³/mol. The maximum absolute atomic E-state index is 13.4. The second-order valence-electron chi connectivity index (χ2n) is 9.66. The molecule has 0 unspecified atom stereocenters. The second kappa shape index (κ2) is 9.11. The molecule has 2 heterocycles. The number of piperidine rings is 1. The number of fused-ring (bicyclic) bond motifs is 1. The third-order valence-electron chi connectivity index (χ3n) is 7.41. The van der Waals surface area contributed by atoms with Crippen molar-refractivity contribution in [2.24, 2.45) is 5.92 Å². The van der Waals surface area contributed by atoms with E-state index in [2.05, 4.69) is 5.32 Å². The Morgan fingerprint density at radius 1 is 0.970 bits per heavy atom. The molecule has 2 aromatic rings. The second-order valence-corrected chi connectivity index (χ2v) is 11.6. The fraction of sp³-hybridized carbons (Fsp3) is 0.500. The molecule has 1 N–H and O–H groups in total. The first-order valence-corrected chi connectivity index (χ1v) is 13.5. The molecule has 2 atom stereocenters. The van der Waals surface area contributed by atoms with E-state index in [-0.39, 0.29) is 34.9 Å². The Kier molecular flexibility index (Phi) is 6.18. The molecule has 1 spiro atoms. The zero-order valence-corrected chi connectivity index (χ0v) is 19.7. The van der Waals surface area contributed by atoms with Crippen LogP contribution in [0.1, 0.15) is 63.0 Å². The highest BCUT2D eigenvalue weighted by Crippen LogP contribution is 2.46. The molecule has 2 aliphatic heterocycles. The average Bonchev–Trinajstić information content (AvgIpc) is 2.85. The third-order valence-corrected chi connectivity index (χ3v) is 9.29. The summed E-state index contributed by atoms with van der Waals surface area (Å²) in [5, 5.41) is 3.29. The van der Waals surface area contributed by atoms with Gasteiger partial charge in [-0.25, -0.2) is 8.42 Å². The Morgan fingerprint density at radius 2 is 1.70 bits per heavy atom. The first-order chi connectivity index (χ1) is 16.0. The molecule has 176 valence electrons. The van der Waals surface area contributed by atoms with Crippen molar-refractivity contribution in [3.63, 3.8) is 0 Å². The molecule has 3 aliphatic rings. The van der Waals surface area contributed by atoms with Crippen LogP contribution in [0.3, 0.4) is 0 Å². The number of sulfonamides is 1. The lowest BCUT2D eigenvalue weighted by Gasteiger charge is -2.45. The van der Waals surface area contributed by atoms with Crippen molar-refractivity contribution in [2.75, 3.05) is 13.1 Å². The van der Waals surface area contributed by atoms with Crippen LogP contribution in [0.15, 0.2) is 59.5 Å². The van der Waals surface area contributed by atoms with Gasteiger partial charge in [-0.2, -0.15) is 4.31 Å². The summed E-state index contributed by atoms with van der Waals surface area (Å²) in [6.45, 7) is 0.670. The Bertz CT molecular complexity index is 1100. The highest BCUT2D eigenvalue weighted by molar-refractivity contribution is 7.89. The van der Waals surface area contributed by atoms with E-state index in [1.807, 2.05) is 24.3 Å². The van der Waals surface area contributed by atoms with E-state index in [1.54, 1.807) is 30.3 Å². The van der Waals surface area contributed by atoms with Gasteiger partial charge in [0.15, 0.2) is 0 Å². The number of hydrogen-bond donors (Lipinski definition) is 1. The van der Waals surface area contributed by atoms with E-state index in [1.165, 1.54) is 10.7 Å². The number of benzene rings is 2. The number of carbonyl (C=O) groups excluding carboxylic acids is 1. The van der Waals surface area contributed by atoms with Gasteiger partial charge >= 0.3 is 0 Å². The van der Waals surface area contributed by atoms with Gasteiger partial charge in [-0.05, 0) is 56.7 Å². The van der Waals surface area contributed by atoms with Gasteiger partial charge in [0.25, 0.3) is 0 Å². The molecule has 1 aliphatic carbocycles. The van der Waals surface area contributed by atoms with Crippen LogP contribution in [0.4, 0.5) is 0 Å². The van der Waals surface area contributed by atoms with Gasteiger partial charge in [0, 0.05) is 25.1 Å². The Hall–Kier alpha value is -2.38. The van der Waals surface area contributed by atoms with Crippen molar-refractivity contribution < 1.29 is 17.9 Å². The fourth-order valence-corrected chi connectivity index (χ4v) is 7.20. The summed E-state index contributed by atoms with van der Waals surface area (Å²) >= 11 is 0. The van der Waals surface area contributed by atoms with Crippen LogP contribution in [0.5, 0.6) is 5.75 Å². The van der Waals surface area contributed by atoms with E-state index >= 15 is 0 Å². The van der Waals surface area contributed by atoms with Crippen LogP contribution in [0.2, 0.25) is 0 Å². The summed E-state index contributed by atoms with van der Waals surface area (Å²) in [5.41, 5.74) is 0.811. The number of ether oxygens (including phenoxy) is 1. The van der Waals surface area contributed by atoms with Crippen molar-refractivity contribution in [1.82, 2.24) is 9.62 Å². The Morgan fingerprint density at radius 3 is 2.48 bits per heavy atom. The maximum atomic E-state index is 13.4. The lowest BCUT2D eigenvalue weighted by molar-refractivity contribution is -0.127. The number of para-hydroxylation sites is 1. The van der Waals surface area contributed by atoms with E-state index < -0.39 is 10.0 Å². The van der Waals surface area contributed by atoms with Crippen molar-refractivity contribution in [1.29, 1.82) is 0 Å². The molecule has 0 bridgehead atoms. The zero-order chi connectivity index (χ0) is 22.9. The topological polar surface area (TPSA) is 75.7 Å². The van der Waals surface area contributed by atoms with Crippen molar-refractivity contribution in [2.45, 2.75) is 67.9 Å². The van der Waals surface area contributed by atoms with Gasteiger partial charge in [0.05, 0.1) is 16.9 Å². The lowest BCUT2D eigenvalue weighted by atomic mass is 9.77. The van der Waals surface area contributed by atoms with Crippen molar-refractivity contribution in [3.05, 3.63) is 60.2 Å².